The van der Waals surface area contributed by atoms with E-state index in [4.69, 9.17) is 0 Å². The molecule has 0 rings (SSSR count). The quantitative estimate of drug-likeness (QED) is 0.686. The lowest BCUT2D eigenvalue weighted by Gasteiger charge is -1.97. The van der Waals surface area contributed by atoms with Gasteiger partial charge < -0.3 is 0 Å². The molecule has 0 aliphatic carbocycles. The van der Waals surface area contributed by atoms with Crippen molar-refractivity contribution in [3.8, 4) is 0 Å². The maximum Gasteiger partial charge on any atom is 0.0486 e. The van der Waals surface area contributed by atoms with E-state index in [1.54, 1.807) is 35.2 Å². The van der Waals surface area contributed by atoms with Gasteiger partial charge in [-0.1, -0.05) is 6.92 Å². The van der Waals surface area contributed by atoms with Crippen LogP contribution < -0.4 is 0 Å². The number of thioether (sulfide) groups is 2. The molecular weight excluding hydrogens is 184 g/mol. The van der Waals surface area contributed by atoms with E-state index in [2.05, 4.69) is 6.92 Å². The van der Waals surface area contributed by atoms with Gasteiger partial charge in [0.2, 0.25) is 0 Å². The maximum absolute atomic E-state index is 10.7. The second kappa shape index (κ2) is 6.31. The largest absolute Gasteiger partial charge is 0.255 e. The first-order chi connectivity index (χ1) is 4.70. The highest BCUT2D eigenvalue weighted by atomic mass is 32.2. The molecule has 0 fully saturated rings. The first-order valence-corrected chi connectivity index (χ1v) is 6.74. The van der Waals surface area contributed by atoms with E-state index in [0.29, 0.717) is 0 Å². The molecule has 0 bridgehead atoms. The lowest BCUT2D eigenvalue weighted by Crippen LogP contribution is -1.78. The summed E-state index contributed by atoms with van der Waals surface area (Å²) < 4.78 is 11.9. The SMILES string of the molecule is CCSC(=CS(C)=O)SC. The standard InChI is InChI=1S/C6H12OS3/c1-4-9-6(8-2)5-10(3)7/h5H,4H2,1-3H3. The Morgan fingerprint density at radius 3 is 2.60 bits per heavy atom. The van der Waals surface area contributed by atoms with Crippen molar-refractivity contribution < 1.29 is 4.21 Å². The van der Waals surface area contributed by atoms with Crippen LogP contribution in [0.4, 0.5) is 0 Å². The van der Waals surface area contributed by atoms with E-state index >= 15 is 0 Å². The van der Waals surface area contributed by atoms with Gasteiger partial charge in [-0.3, -0.25) is 4.21 Å². The first kappa shape index (κ1) is 10.6. The Bertz CT molecular complexity index is 142. The summed E-state index contributed by atoms with van der Waals surface area (Å²) in [5.41, 5.74) is 0. The first-order valence-electron chi connectivity index (χ1n) is 2.91. The van der Waals surface area contributed by atoms with Crippen LogP contribution in [-0.2, 0) is 10.8 Å². The summed E-state index contributed by atoms with van der Waals surface area (Å²) in [4.78, 5) is 0. The third kappa shape index (κ3) is 5.38. The van der Waals surface area contributed by atoms with Gasteiger partial charge in [0.25, 0.3) is 0 Å². The van der Waals surface area contributed by atoms with E-state index in [9.17, 15) is 4.21 Å². The van der Waals surface area contributed by atoms with Crippen LogP contribution in [0.5, 0.6) is 0 Å². The van der Waals surface area contributed by atoms with Gasteiger partial charge in [-0.05, 0) is 12.0 Å². The Labute approximate surface area is 73.5 Å². The van der Waals surface area contributed by atoms with E-state index in [-0.39, 0.29) is 0 Å². The van der Waals surface area contributed by atoms with E-state index < -0.39 is 10.8 Å². The Kier molecular flexibility index (Phi) is 6.68. The van der Waals surface area contributed by atoms with Crippen LogP contribution in [0, 0.1) is 0 Å². The van der Waals surface area contributed by atoms with E-state index in [0.717, 1.165) is 9.99 Å². The average Bonchev–Trinajstić information content (AvgIpc) is 1.86. The molecule has 0 N–H and O–H groups in total. The average molecular weight is 196 g/mol. The highest BCUT2D eigenvalue weighted by Crippen LogP contribution is 2.25. The summed E-state index contributed by atoms with van der Waals surface area (Å²) in [6, 6.07) is 0. The zero-order chi connectivity index (χ0) is 7.98. The van der Waals surface area contributed by atoms with Crippen LogP contribution >= 0.6 is 23.5 Å². The number of hydrogen-bond donors (Lipinski definition) is 0. The third-order valence-corrected chi connectivity index (χ3v) is 3.68. The Balaban J connectivity index is 3.91. The van der Waals surface area contributed by atoms with Gasteiger partial charge in [0.15, 0.2) is 0 Å². The van der Waals surface area contributed by atoms with Gasteiger partial charge in [0.05, 0.1) is 0 Å². The Hall–Kier alpha value is 0.590. The Morgan fingerprint density at radius 1 is 1.70 bits per heavy atom. The van der Waals surface area contributed by atoms with Crippen molar-refractivity contribution in [1.82, 2.24) is 0 Å². The lowest BCUT2D eigenvalue weighted by atomic mass is 11.0. The van der Waals surface area contributed by atoms with Gasteiger partial charge in [0.1, 0.15) is 0 Å². The molecule has 1 unspecified atom stereocenters. The molecule has 0 saturated carbocycles. The number of rotatable bonds is 4. The van der Waals surface area contributed by atoms with E-state index in [1.807, 2.05) is 6.26 Å². The van der Waals surface area contributed by atoms with Gasteiger partial charge >= 0.3 is 0 Å². The van der Waals surface area contributed by atoms with Gasteiger partial charge in [0, 0.05) is 26.7 Å². The van der Waals surface area contributed by atoms with Crippen molar-refractivity contribution in [3.05, 3.63) is 9.65 Å². The minimum atomic E-state index is -0.801. The van der Waals surface area contributed by atoms with Crippen LogP contribution in [0.2, 0.25) is 0 Å². The molecule has 0 aromatic heterocycles. The molecule has 0 aromatic rings. The monoisotopic (exact) mass is 196 g/mol. The molecule has 60 valence electrons. The topological polar surface area (TPSA) is 17.1 Å². The molecule has 0 amide bonds. The summed E-state index contributed by atoms with van der Waals surface area (Å²) in [5.74, 6) is 1.05. The summed E-state index contributed by atoms with van der Waals surface area (Å²) >= 11 is 3.39. The second-order valence-electron chi connectivity index (χ2n) is 1.57. The molecule has 10 heavy (non-hydrogen) atoms. The summed E-state index contributed by atoms with van der Waals surface area (Å²) in [6.07, 6.45) is 3.69. The smallest absolute Gasteiger partial charge is 0.0486 e. The van der Waals surface area contributed by atoms with Gasteiger partial charge in [-0.15, -0.1) is 23.5 Å². The number of hydrogen-bond acceptors (Lipinski definition) is 3. The van der Waals surface area contributed by atoms with E-state index in [1.165, 1.54) is 0 Å². The zero-order valence-corrected chi connectivity index (χ0v) is 8.87. The van der Waals surface area contributed by atoms with Crippen molar-refractivity contribution in [3.63, 3.8) is 0 Å². The highest BCUT2D eigenvalue weighted by Gasteiger charge is 1.93. The molecule has 0 radical (unpaired) electrons. The Morgan fingerprint density at radius 2 is 2.30 bits per heavy atom. The second-order valence-corrected chi connectivity index (χ2v) is 5.22. The molecule has 0 aliphatic rings. The van der Waals surface area contributed by atoms with Gasteiger partial charge in [-0.25, -0.2) is 0 Å². The van der Waals surface area contributed by atoms with Crippen LogP contribution in [0.3, 0.4) is 0 Å². The summed E-state index contributed by atoms with van der Waals surface area (Å²) in [5, 5.41) is 1.79. The molecule has 0 saturated heterocycles. The van der Waals surface area contributed by atoms with Crippen molar-refractivity contribution in [2.75, 3.05) is 18.3 Å². The van der Waals surface area contributed by atoms with Crippen molar-refractivity contribution in [2.24, 2.45) is 0 Å². The van der Waals surface area contributed by atoms with Crippen LogP contribution in [-0.4, -0.2) is 22.5 Å². The molecule has 0 heterocycles. The molecule has 1 atom stereocenters. The molecule has 0 aromatic carbocycles. The highest BCUT2D eigenvalue weighted by molar-refractivity contribution is 8.22. The molecule has 0 aliphatic heterocycles. The van der Waals surface area contributed by atoms with Crippen molar-refractivity contribution in [1.29, 1.82) is 0 Å². The molecular formula is C6H12OS3. The third-order valence-electron chi connectivity index (χ3n) is 0.750. The van der Waals surface area contributed by atoms with Crippen LogP contribution in [0.15, 0.2) is 9.65 Å². The van der Waals surface area contributed by atoms with Gasteiger partial charge in [-0.2, -0.15) is 0 Å². The molecule has 1 nitrogen and oxygen atoms in total. The normalized spacial score (nSPS) is 15.3. The minimum Gasteiger partial charge on any atom is -0.255 e. The van der Waals surface area contributed by atoms with Crippen LogP contribution in [0.25, 0.3) is 0 Å². The molecule has 4 heteroatoms. The minimum absolute atomic E-state index is 0.801. The van der Waals surface area contributed by atoms with Crippen LogP contribution in [0.1, 0.15) is 6.92 Å². The molecule has 0 spiro atoms. The maximum atomic E-state index is 10.7. The predicted octanol–water partition coefficient (Wildman–Crippen LogP) is 2.28. The summed E-state index contributed by atoms with van der Waals surface area (Å²) in [7, 11) is -0.801. The fourth-order valence-corrected chi connectivity index (χ4v) is 3.27. The zero-order valence-electron chi connectivity index (χ0n) is 6.42. The van der Waals surface area contributed by atoms with Crippen molar-refractivity contribution >= 4 is 34.3 Å². The fraction of sp³-hybridized carbons (Fsp3) is 0.667. The van der Waals surface area contributed by atoms with Crippen molar-refractivity contribution in [2.45, 2.75) is 6.92 Å². The lowest BCUT2D eigenvalue weighted by molar-refractivity contribution is 0.691. The predicted molar refractivity (Wildman–Crippen MR) is 53.8 cm³/mol. The summed E-state index contributed by atoms with van der Waals surface area (Å²) in [6.45, 7) is 2.09. The fourth-order valence-electron chi connectivity index (χ4n) is 0.419.